The van der Waals surface area contributed by atoms with E-state index < -0.39 is 10.8 Å². The molecule has 0 spiro atoms. The SMILES string of the molecule is O=C(CS(=O)CC(=O)c1cc(Br)sc1Br)NC1CC1. The van der Waals surface area contributed by atoms with Gasteiger partial charge in [-0.15, -0.1) is 11.3 Å². The Morgan fingerprint density at radius 1 is 1.37 bits per heavy atom. The molecule has 1 aromatic rings. The highest BCUT2D eigenvalue weighted by Crippen LogP contribution is 2.32. The summed E-state index contributed by atoms with van der Waals surface area (Å²) in [6, 6.07) is 1.95. The van der Waals surface area contributed by atoms with E-state index in [1.807, 2.05) is 0 Å². The molecule has 0 aliphatic heterocycles. The molecule has 1 aliphatic rings. The second kappa shape index (κ2) is 6.60. The highest BCUT2D eigenvalue weighted by atomic mass is 79.9. The molecule has 1 N–H and O–H groups in total. The van der Waals surface area contributed by atoms with Crippen LogP contribution in [0.2, 0.25) is 0 Å². The van der Waals surface area contributed by atoms with Crippen molar-refractivity contribution in [3.05, 3.63) is 19.2 Å². The van der Waals surface area contributed by atoms with Gasteiger partial charge in [0.2, 0.25) is 5.91 Å². The van der Waals surface area contributed by atoms with Gasteiger partial charge in [0, 0.05) is 22.4 Å². The van der Waals surface area contributed by atoms with Gasteiger partial charge in [-0.05, 0) is 50.8 Å². The monoisotopic (exact) mass is 427 g/mol. The maximum atomic E-state index is 11.9. The molecule has 0 saturated heterocycles. The van der Waals surface area contributed by atoms with Crippen LogP contribution in [0.5, 0.6) is 0 Å². The maximum absolute atomic E-state index is 11.9. The molecule has 0 aromatic carbocycles. The normalized spacial score (nSPS) is 16.1. The van der Waals surface area contributed by atoms with Crippen LogP contribution in [-0.2, 0) is 15.6 Å². The second-order valence-corrected chi connectivity index (χ2v) is 9.44. The number of Topliss-reactive ketones (excluding diaryl/α,β-unsaturated/α-hetero) is 1. The number of hydrogen-bond acceptors (Lipinski definition) is 4. The fourth-order valence-electron chi connectivity index (χ4n) is 1.45. The van der Waals surface area contributed by atoms with Gasteiger partial charge < -0.3 is 5.32 Å². The summed E-state index contributed by atoms with van der Waals surface area (Å²) in [5, 5.41) is 2.76. The molecule has 1 aromatic heterocycles. The van der Waals surface area contributed by atoms with E-state index in [9.17, 15) is 13.8 Å². The van der Waals surface area contributed by atoms with Crippen molar-refractivity contribution in [3.63, 3.8) is 0 Å². The van der Waals surface area contributed by atoms with E-state index in [1.54, 1.807) is 6.07 Å². The Balaban J connectivity index is 1.85. The molecule has 1 saturated carbocycles. The number of rotatable bonds is 6. The molecular weight excluding hydrogens is 418 g/mol. The topological polar surface area (TPSA) is 63.2 Å². The molecule has 2 rings (SSSR count). The molecule has 1 fully saturated rings. The maximum Gasteiger partial charge on any atom is 0.232 e. The molecule has 1 unspecified atom stereocenters. The lowest BCUT2D eigenvalue weighted by atomic mass is 10.2. The van der Waals surface area contributed by atoms with Gasteiger partial charge in [-0.3, -0.25) is 13.8 Å². The molecule has 4 nitrogen and oxygen atoms in total. The summed E-state index contributed by atoms with van der Waals surface area (Å²) >= 11 is 7.97. The Morgan fingerprint density at radius 2 is 2.05 bits per heavy atom. The van der Waals surface area contributed by atoms with Crippen molar-refractivity contribution in [1.29, 1.82) is 0 Å². The largest absolute Gasteiger partial charge is 0.353 e. The summed E-state index contributed by atoms with van der Waals surface area (Å²) in [6.45, 7) is 0. The Hall–Kier alpha value is -0.0500. The summed E-state index contributed by atoms with van der Waals surface area (Å²) in [7, 11) is -1.46. The molecule has 8 heteroatoms. The molecule has 1 aliphatic carbocycles. The Labute approximate surface area is 134 Å². The quantitative estimate of drug-likeness (QED) is 0.708. The van der Waals surface area contributed by atoms with E-state index in [-0.39, 0.29) is 29.2 Å². The first-order valence-electron chi connectivity index (χ1n) is 5.58. The third-order valence-corrected chi connectivity index (χ3v) is 5.99. The summed E-state index contributed by atoms with van der Waals surface area (Å²) in [4.78, 5) is 23.4. The first-order valence-corrected chi connectivity index (χ1v) is 9.47. The molecule has 0 radical (unpaired) electrons. The number of thiophene rings is 1. The predicted octanol–water partition coefficient (Wildman–Crippen LogP) is 2.48. The molecule has 0 bridgehead atoms. The number of halogens is 2. The van der Waals surface area contributed by atoms with Crippen molar-refractivity contribution >= 4 is 65.7 Å². The summed E-state index contributed by atoms with van der Waals surface area (Å²) < 4.78 is 13.3. The third-order valence-electron chi connectivity index (χ3n) is 2.48. The van der Waals surface area contributed by atoms with Crippen LogP contribution >= 0.6 is 43.2 Å². The van der Waals surface area contributed by atoms with Gasteiger partial charge in [0.15, 0.2) is 5.78 Å². The van der Waals surface area contributed by atoms with Gasteiger partial charge in [-0.2, -0.15) is 0 Å². The van der Waals surface area contributed by atoms with Crippen molar-refractivity contribution in [2.24, 2.45) is 0 Å². The lowest BCUT2D eigenvalue weighted by Crippen LogP contribution is -2.31. The molecular formula is C11H11Br2NO3S2. The Morgan fingerprint density at radius 3 is 2.58 bits per heavy atom. The molecule has 1 heterocycles. The fourth-order valence-corrected chi connectivity index (χ4v) is 5.23. The van der Waals surface area contributed by atoms with Crippen LogP contribution in [0, 0.1) is 0 Å². The van der Waals surface area contributed by atoms with E-state index in [2.05, 4.69) is 37.2 Å². The zero-order chi connectivity index (χ0) is 14.0. The van der Waals surface area contributed by atoms with Crippen LogP contribution in [0.3, 0.4) is 0 Å². The minimum absolute atomic E-state index is 0.106. The molecule has 1 amide bonds. The van der Waals surface area contributed by atoms with Gasteiger partial charge in [0.25, 0.3) is 0 Å². The number of amides is 1. The number of carbonyl (C=O) groups excluding carboxylic acids is 2. The van der Waals surface area contributed by atoms with Gasteiger partial charge in [-0.25, -0.2) is 0 Å². The van der Waals surface area contributed by atoms with Gasteiger partial charge >= 0.3 is 0 Å². The highest BCUT2D eigenvalue weighted by molar-refractivity contribution is 9.12. The van der Waals surface area contributed by atoms with Crippen LogP contribution in [0.15, 0.2) is 13.6 Å². The predicted molar refractivity (Wildman–Crippen MR) is 83.1 cm³/mol. The van der Waals surface area contributed by atoms with E-state index in [1.165, 1.54) is 11.3 Å². The summed E-state index contributed by atoms with van der Waals surface area (Å²) in [5.74, 6) is -0.684. The van der Waals surface area contributed by atoms with Gasteiger partial charge in [-0.1, -0.05) is 0 Å². The number of nitrogens with one attached hydrogen (secondary N) is 1. The first-order chi connectivity index (χ1) is 8.95. The zero-order valence-electron chi connectivity index (χ0n) is 9.78. The van der Waals surface area contributed by atoms with Crippen molar-refractivity contribution < 1.29 is 13.8 Å². The highest BCUT2D eigenvalue weighted by Gasteiger charge is 2.24. The van der Waals surface area contributed by atoms with Crippen LogP contribution in [-0.4, -0.2) is 33.4 Å². The fraction of sp³-hybridized carbons (Fsp3) is 0.455. The lowest BCUT2D eigenvalue weighted by Gasteiger charge is -2.03. The molecule has 1 atom stereocenters. The van der Waals surface area contributed by atoms with E-state index in [0.29, 0.717) is 9.35 Å². The third kappa shape index (κ3) is 4.77. The number of ketones is 1. The summed E-state index contributed by atoms with van der Waals surface area (Å²) in [6.07, 6.45) is 1.99. The summed E-state index contributed by atoms with van der Waals surface area (Å²) in [5.41, 5.74) is 0.507. The van der Waals surface area contributed by atoms with Gasteiger partial charge in [0.05, 0.1) is 13.3 Å². The van der Waals surface area contributed by atoms with Crippen LogP contribution < -0.4 is 5.32 Å². The minimum atomic E-state index is -1.46. The zero-order valence-corrected chi connectivity index (χ0v) is 14.6. The Kier molecular flexibility index (Phi) is 5.33. The van der Waals surface area contributed by atoms with Crippen LogP contribution in [0.1, 0.15) is 23.2 Å². The number of hydrogen-bond donors (Lipinski definition) is 1. The van der Waals surface area contributed by atoms with Gasteiger partial charge in [0.1, 0.15) is 5.75 Å². The first kappa shape index (κ1) is 15.3. The van der Waals surface area contributed by atoms with Crippen LogP contribution in [0.25, 0.3) is 0 Å². The van der Waals surface area contributed by atoms with Crippen molar-refractivity contribution in [2.45, 2.75) is 18.9 Å². The van der Waals surface area contributed by atoms with Crippen molar-refractivity contribution in [1.82, 2.24) is 5.32 Å². The lowest BCUT2D eigenvalue weighted by molar-refractivity contribution is -0.118. The minimum Gasteiger partial charge on any atom is -0.353 e. The molecule has 19 heavy (non-hydrogen) atoms. The van der Waals surface area contributed by atoms with E-state index >= 15 is 0 Å². The average molecular weight is 429 g/mol. The van der Waals surface area contributed by atoms with E-state index in [4.69, 9.17) is 0 Å². The Bertz CT molecular complexity index is 540. The van der Waals surface area contributed by atoms with Crippen LogP contribution in [0.4, 0.5) is 0 Å². The number of carbonyl (C=O) groups is 2. The van der Waals surface area contributed by atoms with Crippen molar-refractivity contribution in [3.8, 4) is 0 Å². The average Bonchev–Trinajstić information content (AvgIpc) is 3.02. The smallest absolute Gasteiger partial charge is 0.232 e. The second-order valence-electron chi connectivity index (χ2n) is 4.23. The van der Waals surface area contributed by atoms with E-state index in [0.717, 1.165) is 16.6 Å². The molecule has 104 valence electrons. The standard InChI is InChI=1S/C11H11Br2NO3S2/c12-9-3-7(11(13)18-9)8(15)4-19(17)5-10(16)14-6-1-2-6/h3,6H,1-2,4-5H2,(H,14,16). The van der Waals surface area contributed by atoms with Crippen molar-refractivity contribution in [2.75, 3.05) is 11.5 Å².